The highest BCUT2D eigenvalue weighted by Crippen LogP contribution is 2.15. The Labute approximate surface area is 83.9 Å². The summed E-state index contributed by atoms with van der Waals surface area (Å²) in [5.41, 5.74) is 0.356. The Hall–Kier alpha value is -0.870. The van der Waals surface area contributed by atoms with Gasteiger partial charge in [0.2, 0.25) is 0 Å². The molecule has 0 spiro atoms. The van der Waals surface area contributed by atoms with Crippen LogP contribution in [0.5, 0.6) is 0 Å². The van der Waals surface area contributed by atoms with Crippen molar-refractivity contribution in [2.24, 2.45) is 0 Å². The minimum absolute atomic E-state index is 0.0818. The highest BCUT2D eigenvalue weighted by atomic mass is 16.6. The fourth-order valence-corrected chi connectivity index (χ4v) is 1.33. The molecule has 80 valence electrons. The molecule has 1 fully saturated rings. The number of carbonyl (C=O) groups excluding carboxylic acids is 1. The van der Waals surface area contributed by atoms with Gasteiger partial charge in [0.15, 0.2) is 0 Å². The van der Waals surface area contributed by atoms with E-state index in [9.17, 15) is 9.90 Å². The van der Waals surface area contributed by atoms with Gasteiger partial charge in [0.05, 0.1) is 6.10 Å². The van der Waals surface area contributed by atoms with Crippen molar-refractivity contribution in [3.05, 3.63) is 12.2 Å². The van der Waals surface area contributed by atoms with E-state index in [2.05, 4.69) is 11.9 Å². The predicted molar refractivity (Wildman–Crippen MR) is 52.8 cm³/mol. The van der Waals surface area contributed by atoms with Crippen LogP contribution in [0, 0.1) is 0 Å². The summed E-state index contributed by atoms with van der Waals surface area (Å²) < 4.78 is 5.13. The summed E-state index contributed by atoms with van der Waals surface area (Å²) in [5.74, 6) is -0.440. The summed E-state index contributed by atoms with van der Waals surface area (Å²) in [6.07, 6.45) is -0.192. The first kappa shape index (κ1) is 11.2. The van der Waals surface area contributed by atoms with Crippen LogP contribution in [-0.4, -0.2) is 35.9 Å². The third kappa shape index (κ3) is 2.56. The lowest BCUT2D eigenvalue weighted by Gasteiger charge is -2.36. The topological polar surface area (TPSA) is 58.6 Å². The second kappa shape index (κ2) is 4.57. The Balaban J connectivity index is 2.50. The van der Waals surface area contributed by atoms with Gasteiger partial charge in [0, 0.05) is 11.6 Å². The van der Waals surface area contributed by atoms with Gasteiger partial charge in [-0.05, 0) is 26.8 Å². The summed E-state index contributed by atoms with van der Waals surface area (Å²) in [7, 11) is 0. The van der Waals surface area contributed by atoms with E-state index in [-0.39, 0.29) is 6.04 Å². The normalized spacial score (nSPS) is 24.6. The second-order valence-corrected chi connectivity index (χ2v) is 3.74. The molecular formula is C10H17NO3. The maximum atomic E-state index is 11.2. The van der Waals surface area contributed by atoms with E-state index in [1.807, 2.05) is 0 Å². The van der Waals surface area contributed by atoms with Crippen molar-refractivity contribution in [3.8, 4) is 0 Å². The number of aliphatic hydroxyl groups is 1. The average molecular weight is 199 g/mol. The molecule has 0 aromatic rings. The zero-order chi connectivity index (χ0) is 10.7. The van der Waals surface area contributed by atoms with Crippen molar-refractivity contribution < 1.29 is 14.6 Å². The minimum atomic E-state index is -0.656. The summed E-state index contributed by atoms with van der Waals surface area (Å²) in [6, 6.07) is 0.0818. The molecule has 1 heterocycles. The van der Waals surface area contributed by atoms with Crippen molar-refractivity contribution in [2.75, 3.05) is 6.54 Å². The third-order valence-corrected chi connectivity index (χ3v) is 2.33. The molecule has 0 saturated carbocycles. The van der Waals surface area contributed by atoms with Crippen LogP contribution < -0.4 is 5.32 Å². The highest BCUT2D eigenvalue weighted by molar-refractivity contribution is 5.87. The van der Waals surface area contributed by atoms with Gasteiger partial charge in [-0.1, -0.05) is 6.58 Å². The number of nitrogens with one attached hydrogen (secondary N) is 1. The van der Waals surface area contributed by atoms with E-state index in [4.69, 9.17) is 4.74 Å². The molecule has 14 heavy (non-hydrogen) atoms. The maximum Gasteiger partial charge on any atom is 0.333 e. The van der Waals surface area contributed by atoms with Gasteiger partial charge in [-0.3, -0.25) is 0 Å². The van der Waals surface area contributed by atoms with Gasteiger partial charge in [-0.15, -0.1) is 0 Å². The molecule has 1 aliphatic rings. The van der Waals surface area contributed by atoms with Crippen LogP contribution in [0.25, 0.3) is 0 Å². The monoisotopic (exact) mass is 199 g/mol. The van der Waals surface area contributed by atoms with Crippen LogP contribution in [0.3, 0.4) is 0 Å². The van der Waals surface area contributed by atoms with Gasteiger partial charge in [-0.25, -0.2) is 4.79 Å². The molecule has 0 amide bonds. The zero-order valence-electron chi connectivity index (χ0n) is 8.62. The van der Waals surface area contributed by atoms with Gasteiger partial charge in [0.25, 0.3) is 0 Å². The van der Waals surface area contributed by atoms with Crippen LogP contribution in [0.4, 0.5) is 0 Å². The Morgan fingerprint density at radius 3 is 2.57 bits per heavy atom. The van der Waals surface area contributed by atoms with Crippen LogP contribution in [0.2, 0.25) is 0 Å². The van der Waals surface area contributed by atoms with Crippen molar-refractivity contribution in [2.45, 2.75) is 38.5 Å². The molecule has 1 saturated heterocycles. The molecule has 1 aliphatic heterocycles. The number of hydrogen-bond donors (Lipinski definition) is 2. The van der Waals surface area contributed by atoms with Crippen molar-refractivity contribution in [1.29, 1.82) is 0 Å². The Bertz CT molecular complexity index is 234. The first-order valence-corrected chi connectivity index (χ1v) is 4.80. The smallest absolute Gasteiger partial charge is 0.333 e. The Kier molecular flexibility index (Phi) is 3.66. The van der Waals surface area contributed by atoms with Crippen molar-refractivity contribution >= 4 is 5.97 Å². The summed E-state index contributed by atoms with van der Waals surface area (Å²) >= 11 is 0. The lowest BCUT2D eigenvalue weighted by Crippen LogP contribution is -2.55. The largest absolute Gasteiger partial charge is 0.455 e. The number of rotatable bonds is 4. The molecule has 0 aromatic carbocycles. The fourth-order valence-electron chi connectivity index (χ4n) is 1.33. The average Bonchev–Trinajstić information content (AvgIpc) is 1.99. The van der Waals surface area contributed by atoms with E-state index in [1.54, 1.807) is 13.8 Å². The number of carbonyl (C=O) groups is 1. The quantitative estimate of drug-likeness (QED) is 0.502. The molecule has 2 N–H and O–H groups in total. The SMILES string of the molecule is C=C(C)C(=O)OC(C(C)O)C1CCN1. The molecule has 0 radical (unpaired) electrons. The molecule has 3 unspecified atom stereocenters. The van der Waals surface area contributed by atoms with Gasteiger partial charge in [-0.2, -0.15) is 0 Å². The molecule has 4 nitrogen and oxygen atoms in total. The predicted octanol–water partition coefficient (Wildman–Crippen LogP) is 0.217. The molecule has 4 heteroatoms. The zero-order valence-corrected chi connectivity index (χ0v) is 8.62. The Morgan fingerprint density at radius 2 is 2.29 bits per heavy atom. The van der Waals surface area contributed by atoms with E-state index < -0.39 is 18.2 Å². The van der Waals surface area contributed by atoms with Crippen molar-refractivity contribution in [1.82, 2.24) is 5.32 Å². The van der Waals surface area contributed by atoms with Crippen LogP contribution >= 0.6 is 0 Å². The first-order valence-electron chi connectivity index (χ1n) is 4.80. The first-order chi connectivity index (χ1) is 6.52. The number of hydrogen-bond acceptors (Lipinski definition) is 4. The second-order valence-electron chi connectivity index (χ2n) is 3.74. The van der Waals surface area contributed by atoms with Crippen LogP contribution in [0.15, 0.2) is 12.2 Å². The molecule has 0 aromatic heterocycles. The van der Waals surface area contributed by atoms with Gasteiger partial charge < -0.3 is 15.2 Å². The molecule has 0 aliphatic carbocycles. The van der Waals surface area contributed by atoms with Crippen LogP contribution in [0.1, 0.15) is 20.3 Å². The number of aliphatic hydroxyl groups excluding tert-OH is 1. The fraction of sp³-hybridized carbons (Fsp3) is 0.700. The molecule has 1 rings (SSSR count). The maximum absolute atomic E-state index is 11.2. The van der Waals surface area contributed by atoms with E-state index in [1.165, 1.54) is 0 Å². The lowest BCUT2D eigenvalue weighted by atomic mass is 9.97. The summed E-state index contributed by atoms with van der Waals surface area (Å²) in [5, 5.41) is 12.5. The minimum Gasteiger partial charge on any atom is -0.455 e. The lowest BCUT2D eigenvalue weighted by molar-refractivity contribution is -0.153. The summed E-state index contributed by atoms with van der Waals surface area (Å²) in [6.45, 7) is 7.62. The number of ether oxygens (including phenoxy) is 1. The standard InChI is InChI=1S/C10H17NO3/c1-6(2)10(13)14-9(7(3)12)8-4-5-11-8/h7-9,11-12H,1,4-5H2,2-3H3. The molecule has 3 atom stereocenters. The van der Waals surface area contributed by atoms with E-state index in [0.717, 1.165) is 13.0 Å². The van der Waals surface area contributed by atoms with Crippen molar-refractivity contribution in [3.63, 3.8) is 0 Å². The van der Waals surface area contributed by atoms with Gasteiger partial charge >= 0.3 is 5.97 Å². The molecule has 0 bridgehead atoms. The number of esters is 1. The van der Waals surface area contributed by atoms with E-state index in [0.29, 0.717) is 5.57 Å². The molecular weight excluding hydrogens is 182 g/mol. The van der Waals surface area contributed by atoms with E-state index >= 15 is 0 Å². The third-order valence-electron chi connectivity index (χ3n) is 2.33. The highest BCUT2D eigenvalue weighted by Gasteiger charge is 2.33. The Morgan fingerprint density at radius 1 is 1.71 bits per heavy atom. The van der Waals surface area contributed by atoms with Gasteiger partial charge in [0.1, 0.15) is 6.10 Å². The summed E-state index contributed by atoms with van der Waals surface area (Å²) in [4.78, 5) is 11.2. The van der Waals surface area contributed by atoms with Crippen LogP contribution in [-0.2, 0) is 9.53 Å².